The maximum absolute atomic E-state index is 13.7. The third-order valence-corrected chi connectivity index (χ3v) is 6.69. The third kappa shape index (κ3) is 4.56. The molecule has 0 bridgehead atoms. The van der Waals surface area contributed by atoms with Crippen molar-refractivity contribution >= 4 is 44.4 Å². The molecule has 162 valence electrons. The molecule has 1 aliphatic rings. The first-order chi connectivity index (χ1) is 15.1. The number of anilines is 2. The normalized spacial score (nSPS) is 14.6. The zero-order valence-corrected chi connectivity index (χ0v) is 18.7. The Bertz CT molecular complexity index is 1020. The topological polar surface area (TPSA) is 62.7 Å². The van der Waals surface area contributed by atoms with E-state index in [1.54, 1.807) is 16.7 Å². The molecule has 4 rings (SSSR count). The minimum Gasteiger partial charge on any atom is -0.450 e. The highest BCUT2D eigenvalue weighted by Crippen LogP contribution is 2.36. The Balaban J connectivity index is 1.61. The van der Waals surface area contributed by atoms with Crippen molar-refractivity contribution in [3.63, 3.8) is 0 Å². The zero-order valence-electron chi connectivity index (χ0n) is 17.9. The van der Waals surface area contributed by atoms with E-state index in [1.165, 1.54) is 16.9 Å². The first-order valence-corrected chi connectivity index (χ1v) is 11.6. The Morgan fingerprint density at radius 3 is 2.45 bits per heavy atom. The number of benzene rings is 2. The number of fused-ring (bicyclic) bond motifs is 1. The number of carbonyl (C=O) groups excluding carboxylic acids is 2. The van der Waals surface area contributed by atoms with Gasteiger partial charge in [-0.2, -0.15) is 0 Å². The van der Waals surface area contributed by atoms with Gasteiger partial charge in [0.15, 0.2) is 5.13 Å². The van der Waals surface area contributed by atoms with E-state index in [1.807, 2.05) is 36.4 Å². The molecule has 2 heterocycles. The number of piperidine rings is 1. The Labute approximate surface area is 186 Å². The van der Waals surface area contributed by atoms with Crippen LogP contribution in [0.2, 0.25) is 0 Å². The Morgan fingerprint density at radius 2 is 1.81 bits per heavy atom. The zero-order chi connectivity index (χ0) is 21.8. The smallest absolute Gasteiger partial charge is 0.409 e. The summed E-state index contributed by atoms with van der Waals surface area (Å²) in [6.07, 6.45) is 1.88. The minimum absolute atomic E-state index is 0.0341. The fourth-order valence-corrected chi connectivity index (χ4v) is 4.87. The molecule has 0 saturated carbocycles. The van der Waals surface area contributed by atoms with E-state index < -0.39 is 0 Å². The fourth-order valence-electron chi connectivity index (χ4n) is 3.87. The van der Waals surface area contributed by atoms with E-state index in [-0.39, 0.29) is 17.9 Å². The molecule has 2 amide bonds. The monoisotopic (exact) mass is 437 g/mol. The Kier molecular flexibility index (Phi) is 6.51. The number of ether oxygens (including phenoxy) is 1. The van der Waals surface area contributed by atoms with Crippen LogP contribution in [0, 0.1) is 5.92 Å². The van der Waals surface area contributed by atoms with Crippen molar-refractivity contribution in [2.45, 2.75) is 33.1 Å². The molecule has 0 unspecified atom stereocenters. The van der Waals surface area contributed by atoms with Gasteiger partial charge in [-0.3, -0.25) is 9.69 Å². The van der Waals surface area contributed by atoms with Gasteiger partial charge in [0, 0.05) is 19.0 Å². The maximum Gasteiger partial charge on any atom is 0.409 e. The summed E-state index contributed by atoms with van der Waals surface area (Å²) in [5, 5.41) is 0.684. The number of hydrogen-bond donors (Lipinski definition) is 0. The number of carbonyl (C=O) groups is 2. The lowest BCUT2D eigenvalue weighted by Crippen LogP contribution is -2.43. The van der Waals surface area contributed by atoms with E-state index in [0.29, 0.717) is 37.7 Å². The summed E-state index contributed by atoms with van der Waals surface area (Å²) < 4.78 is 6.16. The maximum atomic E-state index is 13.7. The lowest BCUT2D eigenvalue weighted by molar-refractivity contribution is -0.123. The van der Waals surface area contributed by atoms with Gasteiger partial charge in [-0.15, -0.1) is 0 Å². The lowest BCUT2D eigenvalue weighted by atomic mass is 9.95. The molecule has 1 aliphatic heterocycles. The number of rotatable bonds is 5. The van der Waals surface area contributed by atoms with Crippen molar-refractivity contribution in [2.75, 3.05) is 24.6 Å². The molecular formula is C24H27N3O3S. The van der Waals surface area contributed by atoms with E-state index >= 15 is 0 Å². The number of para-hydroxylation sites is 1. The average Bonchev–Trinajstić information content (AvgIpc) is 3.23. The van der Waals surface area contributed by atoms with Gasteiger partial charge in [0.2, 0.25) is 5.91 Å². The number of likely N-dealkylation sites (tertiary alicyclic amines) is 1. The van der Waals surface area contributed by atoms with Crippen molar-refractivity contribution in [2.24, 2.45) is 5.92 Å². The van der Waals surface area contributed by atoms with E-state index in [9.17, 15) is 9.59 Å². The van der Waals surface area contributed by atoms with Crippen LogP contribution in [-0.4, -0.2) is 41.6 Å². The Hall–Kier alpha value is -2.93. The standard InChI is InChI=1S/C24H27N3O3S/c1-3-17-9-11-19(12-10-17)27(23-25-20-7-5-6-8-21(20)31-23)22(28)18-13-15-26(16-14-18)24(29)30-4-2/h5-12,18H,3-4,13-16H2,1-2H3. The molecule has 6 nitrogen and oxygen atoms in total. The molecule has 2 aromatic carbocycles. The summed E-state index contributed by atoms with van der Waals surface area (Å²) in [5.74, 6) is -0.129. The molecule has 0 radical (unpaired) electrons. The van der Waals surface area contributed by atoms with Crippen molar-refractivity contribution in [3.8, 4) is 0 Å². The molecule has 1 saturated heterocycles. The van der Waals surface area contributed by atoms with E-state index in [4.69, 9.17) is 9.72 Å². The first kappa shape index (κ1) is 21.3. The number of aryl methyl sites for hydroxylation is 1. The fraction of sp³-hybridized carbons (Fsp3) is 0.375. The van der Waals surface area contributed by atoms with Gasteiger partial charge in [-0.25, -0.2) is 9.78 Å². The molecule has 0 N–H and O–H groups in total. The number of aromatic nitrogens is 1. The van der Waals surface area contributed by atoms with Crippen LogP contribution < -0.4 is 4.90 Å². The average molecular weight is 438 g/mol. The van der Waals surface area contributed by atoms with E-state index in [2.05, 4.69) is 19.1 Å². The molecule has 7 heteroatoms. The molecule has 31 heavy (non-hydrogen) atoms. The van der Waals surface area contributed by atoms with Gasteiger partial charge in [0.1, 0.15) is 0 Å². The second-order valence-electron chi connectivity index (χ2n) is 7.62. The van der Waals surface area contributed by atoms with Crippen LogP contribution in [0.5, 0.6) is 0 Å². The van der Waals surface area contributed by atoms with Gasteiger partial charge >= 0.3 is 6.09 Å². The highest BCUT2D eigenvalue weighted by molar-refractivity contribution is 7.22. The number of amides is 2. The van der Waals surface area contributed by atoms with Gasteiger partial charge in [0.05, 0.1) is 22.5 Å². The molecule has 3 aromatic rings. The van der Waals surface area contributed by atoms with Gasteiger partial charge < -0.3 is 9.64 Å². The van der Waals surface area contributed by atoms with Gasteiger partial charge in [-0.1, -0.05) is 42.5 Å². The van der Waals surface area contributed by atoms with Gasteiger partial charge in [0.25, 0.3) is 0 Å². The summed E-state index contributed by atoms with van der Waals surface area (Å²) >= 11 is 1.52. The van der Waals surface area contributed by atoms with Crippen LogP contribution >= 0.6 is 11.3 Å². The third-order valence-electron chi connectivity index (χ3n) is 5.67. The highest BCUT2D eigenvalue weighted by Gasteiger charge is 2.33. The second kappa shape index (κ2) is 9.47. The molecule has 0 spiro atoms. The summed E-state index contributed by atoms with van der Waals surface area (Å²) in [6.45, 7) is 5.32. The number of hydrogen-bond acceptors (Lipinski definition) is 5. The number of nitrogens with zero attached hydrogens (tertiary/aromatic N) is 3. The lowest BCUT2D eigenvalue weighted by Gasteiger charge is -2.33. The second-order valence-corrected chi connectivity index (χ2v) is 8.63. The van der Waals surface area contributed by atoms with E-state index in [0.717, 1.165) is 22.3 Å². The predicted octanol–water partition coefficient (Wildman–Crippen LogP) is 5.39. The molecule has 1 fully saturated rings. The Morgan fingerprint density at radius 1 is 1.10 bits per heavy atom. The van der Waals surface area contributed by atoms with Crippen LogP contribution in [-0.2, 0) is 16.0 Å². The van der Waals surface area contributed by atoms with Crippen molar-refractivity contribution < 1.29 is 14.3 Å². The molecule has 0 aliphatic carbocycles. The summed E-state index contributed by atoms with van der Waals surface area (Å²) in [7, 11) is 0. The van der Waals surface area contributed by atoms with Crippen LogP contribution in [0.3, 0.4) is 0 Å². The van der Waals surface area contributed by atoms with Crippen molar-refractivity contribution in [1.82, 2.24) is 9.88 Å². The van der Waals surface area contributed by atoms with Crippen molar-refractivity contribution in [3.05, 3.63) is 54.1 Å². The largest absolute Gasteiger partial charge is 0.450 e. The summed E-state index contributed by atoms with van der Waals surface area (Å²) in [4.78, 5) is 33.9. The van der Waals surface area contributed by atoms with Gasteiger partial charge in [-0.05, 0) is 56.0 Å². The van der Waals surface area contributed by atoms with Crippen LogP contribution in [0.25, 0.3) is 10.2 Å². The molecule has 0 atom stereocenters. The molecular weight excluding hydrogens is 410 g/mol. The predicted molar refractivity (Wildman–Crippen MR) is 124 cm³/mol. The summed E-state index contributed by atoms with van der Waals surface area (Å²) in [5.41, 5.74) is 2.94. The van der Waals surface area contributed by atoms with Crippen LogP contribution in [0.4, 0.5) is 15.6 Å². The SMILES string of the molecule is CCOC(=O)N1CCC(C(=O)N(c2ccc(CC)cc2)c2nc3ccccc3s2)CC1. The number of thiazole rings is 1. The van der Waals surface area contributed by atoms with Crippen LogP contribution in [0.1, 0.15) is 32.3 Å². The molecule has 1 aromatic heterocycles. The van der Waals surface area contributed by atoms with Crippen molar-refractivity contribution in [1.29, 1.82) is 0 Å². The minimum atomic E-state index is -0.299. The van der Waals surface area contributed by atoms with Crippen LogP contribution in [0.15, 0.2) is 48.5 Å². The highest BCUT2D eigenvalue weighted by atomic mass is 32.1. The first-order valence-electron chi connectivity index (χ1n) is 10.8. The summed E-state index contributed by atoms with van der Waals surface area (Å²) in [6, 6.07) is 16.1. The quantitative estimate of drug-likeness (QED) is 0.537.